The molecule has 1 fully saturated rings. The molecular formula is C22H21F2NO4. The maximum Gasteiger partial charge on any atom is 0.407 e. The van der Waals surface area contributed by atoms with E-state index in [1.165, 1.54) is 0 Å². The number of halogens is 2. The van der Waals surface area contributed by atoms with E-state index >= 15 is 0 Å². The van der Waals surface area contributed by atoms with Gasteiger partial charge in [-0.2, -0.15) is 0 Å². The molecule has 2 aromatic carbocycles. The molecule has 7 heteroatoms. The van der Waals surface area contributed by atoms with E-state index in [4.69, 9.17) is 4.74 Å². The van der Waals surface area contributed by atoms with Gasteiger partial charge in [0.1, 0.15) is 12.6 Å². The Hall–Kier alpha value is -2.96. The number of aliphatic carboxylic acids is 1. The molecule has 0 heterocycles. The lowest BCUT2D eigenvalue weighted by Gasteiger charge is -2.36. The topological polar surface area (TPSA) is 75.6 Å². The third kappa shape index (κ3) is 3.95. The van der Waals surface area contributed by atoms with Crippen LogP contribution in [0.15, 0.2) is 48.5 Å². The number of hydrogen-bond donors (Lipinski definition) is 2. The minimum Gasteiger partial charge on any atom is -0.480 e. The van der Waals surface area contributed by atoms with Crippen molar-refractivity contribution in [1.82, 2.24) is 5.32 Å². The molecule has 1 atom stereocenters. The Morgan fingerprint density at radius 3 is 2.14 bits per heavy atom. The number of alkyl carbamates (subject to hydrolysis) is 1. The average Bonchev–Trinajstić information content (AvgIpc) is 2.98. The largest absolute Gasteiger partial charge is 0.480 e. The summed E-state index contributed by atoms with van der Waals surface area (Å²) >= 11 is 0. The van der Waals surface area contributed by atoms with Gasteiger partial charge in [-0.15, -0.1) is 0 Å². The van der Waals surface area contributed by atoms with E-state index in [1.807, 2.05) is 48.5 Å². The smallest absolute Gasteiger partial charge is 0.407 e. The van der Waals surface area contributed by atoms with E-state index < -0.39 is 29.9 Å². The van der Waals surface area contributed by atoms with Crippen molar-refractivity contribution in [2.45, 2.75) is 37.1 Å². The van der Waals surface area contributed by atoms with Gasteiger partial charge in [0.15, 0.2) is 0 Å². The molecule has 2 aliphatic carbocycles. The summed E-state index contributed by atoms with van der Waals surface area (Å²) in [5.74, 6) is -4.53. The fourth-order valence-corrected chi connectivity index (χ4v) is 4.29. The first kappa shape index (κ1) is 19.4. The number of carbonyl (C=O) groups is 2. The second kappa shape index (κ2) is 7.46. The Bertz CT molecular complexity index is 892. The highest BCUT2D eigenvalue weighted by Crippen LogP contribution is 2.45. The quantitative estimate of drug-likeness (QED) is 0.752. The van der Waals surface area contributed by atoms with Crippen molar-refractivity contribution >= 4 is 12.1 Å². The fourth-order valence-electron chi connectivity index (χ4n) is 4.29. The minimum atomic E-state index is -2.72. The predicted molar refractivity (Wildman–Crippen MR) is 102 cm³/mol. The van der Waals surface area contributed by atoms with Crippen LogP contribution in [0.1, 0.15) is 36.3 Å². The lowest BCUT2D eigenvalue weighted by atomic mass is 9.77. The van der Waals surface area contributed by atoms with Crippen molar-refractivity contribution in [2.75, 3.05) is 6.61 Å². The fraction of sp³-hybridized carbons (Fsp3) is 0.364. The van der Waals surface area contributed by atoms with Crippen LogP contribution in [0.2, 0.25) is 0 Å². The Balaban J connectivity index is 1.38. The van der Waals surface area contributed by atoms with Crippen molar-refractivity contribution in [1.29, 1.82) is 0 Å². The summed E-state index contributed by atoms with van der Waals surface area (Å²) < 4.78 is 31.3. The molecule has 0 saturated heterocycles. The van der Waals surface area contributed by atoms with Crippen LogP contribution in [0.3, 0.4) is 0 Å². The number of carboxylic acid groups (broad SMARTS) is 1. The maximum absolute atomic E-state index is 13.0. The van der Waals surface area contributed by atoms with E-state index in [-0.39, 0.29) is 31.8 Å². The zero-order valence-corrected chi connectivity index (χ0v) is 15.6. The first-order valence-electron chi connectivity index (χ1n) is 9.56. The molecule has 0 aromatic heterocycles. The summed E-state index contributed by atoms with van der Waals surface area (Å²) in [6.07, 6.45) is -1.58. The number of carbonyl (C=O) groups excluding carboxylic acids is 1. The van der Waals surface area contributed by atoms with Crippen molar-refractivity contribution < 1.29 is 28.2 Å². The molecule has 0 spiro atoms. The summed E-state index contributed by atoms with van der Waals surface area (Å²) in [7, 11) is 0. The molecule has 29 heavy (non-hydrogen) atoms. The standard InChI is InChI=1S/C22H21F2NO4/c23-22(24)10-13(11-22)9-19(20(26)27)25-21(28)29-12-18-16-7-3-1-5-14(16)15-6-2-4-8-17(15)18/h1-8,13,18-19H,9-12H2,(H,25,28)(H,26,27)/t19-/m0/s1. The molecule has 1 amide bonds. The highest BCUT2D eigenvalue weighted by atomic mass is 19.3. The van der Waals surface area contributed by atoms with Crippen molar-refractivity contribution in [3.05, 3.63) is 59.7 Å². The van der Waals surface area contributed by atoms with Gasteiger partial charge in [0.25, 0.3) is 0 Å². The Labute approximate surface area is 166 Å². The van der Waals surface area contributed by atoms with E-state index in [9.17, 15) is 23.5 Å². The van der Waals surface area contributed by atoms with E-state index in [0.717, 1.165) is 22.3 Å². The van der Waals surface area contributed by atoms with E-state index in [0.29, 0.717) is 0 Å². The molecular weight excluding hydrogens is 380 g/mol. The van der Waals surface area contributed by atoms with E-state index in [1.54, 1.807) is 0 Å². The normalized spacial score (nSPS) is 18.3. The summed E-state index contributed by atoms with van der Waals surface area (Å²) in [6, 6.07) is 14.5. The van der Waals surface area contributed by atoms with Gasteiger partial charge in [-0.05, 0) is 34.6 Å². The lowest BCUT2D eigenvalue weighted by Crippen LogP contribution is -2.46. The van der Waals surface area contributed by atoms with Gasteiger partial charge in [0.05, 0.1) is 0 Å². The number of ether oxygens (including phenoxy) is 1. The van der Waals surface area contributed by atoms with Gasteiger partial charge in [0.2, 0.25) is 5.92 Å². The molecule has 5 nitrogen and oxygen atoms in total. The van der Waals surface area contributed by atoms with Gasteiger partial charge in [-0.25, -0.2) is 18.4 Å². The summed E-state index contributed by atoms with van der Waals surface area (Å²) in [5.41, 5.74) is 4.28. The Kier molecular flexibility index (Phi) is 4.98. The Morgan fingerprint density at radius 2 is 1.62 bits per heavy atom. The number of carboxylic acids is 1. The molecule has 0 radical (unpaired) electrons. The number of nitrogens with one attached hydrogen (secondary N) is 1. The van der Waals surface area contributed by atoms with Crippen molar-refractivity contribution in [3.63, 3.8) is 0 Å². The van der Waals surface area contributed by atoms with Gasteiger partial charge >= 0.3 is 12.1 Å². The first-order valence-corrected chi connectivity index (χ1v) is 9.56. The lowest BCUT2D eigenvalue weighted by molar-refractivity contribution is -0.143. The number of amides is 1. The third-order valence-corrected chi connectivity index (χ3v) is 5.68. The monoisotopic (exact) mass is 401 g/mol. The van der Waals surface area contributed by atoms with Crippen molar-refractivity contribution in [2.24, 2.45) is 5.92 Å². The third-order valence-electron chi connectivity index (χ3n) is 5.68. The van der Waals surface area contributed by atoms with Crippen LogP contribution < -0.4 is 5.32 Å². The second-order valence-electron chi connectivity index (χ2n) is 7.73. The highest BCUT2D eigenvalue weighted by Gasteiger charge is 2.46. The number of fused-ring (bicyclic) bond motifs is 3. The van der Waals surface area contributed by atoms with Crippen molar-refractivity contribution in [3.8, 4) is 11.1 Å². The van der Waals surface area contributed by atoms with Gasteiger partial charge in [-0.3, -0.25) is 0 Å². The number of benzene rings is 2. The molecule has 0 unspecified atom stereocenters. The molecule has 0 bridgehead atoms. The van der Waals surface area contributed by atoms with E-state index in [2.05, 4.69) is 5.32 Å². The average molecular weight is 401 g/mol. The molecule has 2 aromatic rings. The summed E-state index contributed by atoms with van der Waals surface area (Å²) in [4.78, 5) is 23.6. The molecule has 2 N–H and O–H groups in total. The highest BCUT2D eigenvalue weighted by molar-refractivity contribution is 5.81. The number of rotatable bonds is 6. The van der Waals surface area contributed by atoms with Crippen LogP contribution in [-0.4, -0.2) is 35.7 Å². The van der Waals surface area contributed by atoms with Gasteiger partial charge < -0.3 is 15.2 Å². The zero-order valence-electron chi connectivity index (χ0n) is 15.6. The van der Waals surface area contributed by atoms with Crippen LogP contribution in [0.4, 0.5) is 13.6 Å². The molecule has 1 saturated carbocycles. The summed E-state index contributed by atoms with van der Waals surface area (Å²) in [5, 5.41) is 11.6. The number of alkyl halides is 2. The minimum absolute atomic E-state index is 0.0326. The van der Waals surface area contributed by atoms with Gasteiger partial charge in [-0.1, -0.05) is 48.5 Å². The maximum atomic E-state index is 13.0. The first-order chi connectivity index (χ1) is 13.8. The number of hydrogen-bond acceptors (Lipinski definition) is 3. The molecule has 152 valence electrons. The van der Waals surface area contributed by atoms with Gasteiger partial charge in [0, 0.05) is 18.8 Å². The summed E-state index contributed by atoms with van der Waals surface area (Å²) in [6.45, 7) is 0.0632. The Morgan fingerprint density at radius 1 is 1.07 bits per heavy atom. The predicted octanol–water partition coefficient (Wildman–Crippen LogP) is 4.41. The zero-order chi connectivity index (χ0) is 20.6. The van der Waals surface area contributed by atoms with Crippen LogP contribution >= 0.6 is 0 Å². The SMILES string of the molecule is O=C(N[C@@H](CC1CC(F)(F)C1)C(=O)O)OCC1c2ccccc2-c2ccccc21. The van der Waals surface area contributed by atoms with Crippen LogP contribution in [-0.2, 0) is 9.53 Å². The van der Waals surface area contributed by atoms with Crippen LogP contribution in [0.5, 0.6) is 0 Å². The molecule has 4 rings (SSSR count). The van der Waals surface area contributed by atoms with Crippen LogP contribution in [0.25, 0.3) is 11.1 Å². The van der Waals surface area contributed by atoms with Crippen LogP contribution in [0, 0.1) is 5.92 Å². The molecule has 2 aliphatic rings. The molecule has 0 aliphatic heterocycles. The second-order valence-corrected chi connectivity index (χ2v) is 7.73.